The summed E-state index contributed by atoms with van der Waals surface area (Å²) < 4.78 is 5.34. The van der Waals surface area contributed by atoms with Crippen LogP contribution < -0.4 is 10.1 Å². The Kier molecular flexibility index (Phi) is 4.50. The van der Waals surface area contributed by atoms with Gasteiger partial charge in [-0.1, -0.05) is 18.2 Å². The molecule has 7 heteroatoms. The van der Waals surface area contributed by atoms with E-state index in [1.807, 2.05) is 6.07 Å². The summed E-state index contributed by atoms with van der Waals surface area (Å²) in [6.45, 7) is 1.72. The number of hydrogen-bond acceptors (Lipinski definition) is 4. The first-order valence-corrected chi connectivity index (χ1v) is 8.84. The molecule has 1 fully saturated rings. The quantitative estimate of drug-likeness (QED) is 0.884. The van der Waals surface area contributed by atoms with Gasteiger partial charge >= 0.3 is 6.09 Å². The molecule has 138 valence electrons. The van der Waals surface area contributed by atoms with Crippen LogP contribution in [0.2, 0.25) is 0 Å². The van der Waals surface area contributed by atoms with Gasteiger partial charge < -0.3 is 19.9 Å². The van der Waals surface area contributed by atoms with Crippen molar-refractivity contribution in [1.82, 2.24) is 9.80 Å². The minimum absolute atomic E-state index is 0.0554. The van der Waals surface area contributed by atoms with E-state index in [0.717, 1.165) is 11.3 Å². The van der Waals surface area contributed by atoms with Crippen molar-refractivity contribution in [3.05, 3.63) is 59.7 Å². The minimum Gasteiger partial charge on any atom is -0.410 e. The summed E-state index contributed by atoms with van der Waals surface area (Å²) in [5.41, 5.74) is 2.17. The highest BCUT2D eigenvalue weighted by Gasteiger charge is 2.27. The van der Waals surface area contributed by atoms with Crippen molar-refractivity contribution >= 4 is 23.6 Å². The first-order valence-electron chi connectivity index (χ1n) is 8.84. The molecule has 1 N–H and O–H groups in total. The van der Waals surface area contributed by atoms with Gasteiger partial charge in [-0.3, -0.25) is 9.59 Å². The monoisotopic (exact) mass is 365 g/mol. The van der Waals surface area contributed by atoms with Crippen molar-refractivity contribution in [3.8, 4) is 5.75 Å². The highest BCUT2D eigenvalue weighted by Crippen LogP contribution is 2.24. The summed E-state index contributed by atoms with van der Waals surface area (Å²) in [5.74, 6) is 0.357. The van der Waals surface area contributed by atoms with Gasteiger partial charge in [-0.2, -0.15) is 0 Å². The Morgan fingerprint density at radius 3 is 2.37 bits per heavy atom. The van der Waals surface area contributed by atoms with Gasteiger partial charge in [0.15, 0.2) is 0 Å². The van der Waals surface area contributed by atoms with Crippen LogP contribution in [0.1, 0.15) is 15.9 Å². The fraction of sp³-hybridized carbons (Fsp3) is 0.250. The molecule has 0 spiro atoms. The number of rotatable bonds is 2. The second kappa shape index (κ2) is 7.11. The Morgan fingerprint density at radius 1 is 0.926 bits per heavy atom. The third kappa shape index (κ3) is 3.62. The Balaban J connectivity index is 1.35. The van der Waals surface area contributed by atoms with Crippen molar-refractivity contribution in [1.29, 1.82) is 0 Å². The van der Waals surface area contributed by atoms with Crippen LogP contribution in [0.5, 0.6) is 5.75 Å². The maximum Gasteiger partial charge on any atom is 0.415 e. The summed E-state index contributed by atoms with van der Waals surface area (Å²) >= 11 is 0. The Hall–Kier alpha value is -3.35. The van der Waals surface area contributed by atoms with E-state index in [1.165, 1.54) is 0 Å². The van der Waals surface area contributed by atoms with E-state index in [-0.39, 0.29) is 11.8 Å². The summed E-state index contributed by atoms with van der Waals surface area (Å²) in [5, 5.41) is 2.76. The Bertz CT molecular complexity index is 889. The molecule has 0 aliphatic carbocycles. The van der Waals surface area contributed by atoms with Gasteiger partial charge in [0.05, 0.1) is 6.42 Å². The molecule has 0 unspecified atom stereocenters. The van der Waals surface area contributed by atoms with Crippen molar-refractivity contribution in [3.63, 3.8) is 0 Å². The van der Waals surface area contributed by atoms with Crippen LogP contribution in [0, 0.1) is 0 Å². The zero-order valence-corrected chi connectivity index (χ0v) is 14.7. The van der Waals surface area contributed by atoms with E-state index in [4.69, 9.17) is 4.74 Å². The maximum atomic E-state index is 12.7. The number of nitrogens with zero attached hydrogens (tertiary/aromatic N) is 2. The van der Waals surface area contributed by atoms with Crippen molar-refractivity contribution < 1.29 is 19.1 Å². The summed E-state index contributed by atoms with van der Waals surface area (Å²) in [7, 11) is 0. The van der Waals surface area contributed by atoms with Gasteiger partial charge in [0, 0.05) is 37.4 Å². The fourth-order valence-electron chi connectivity index (χ4n) is 3.29. The first kappa shape index (κ1) is 17.1. The number of amides is 3. The van der Waals surface area contributed by atoms with Crippen LogP contribution >= 0.6 is 0 Å². The number of hydrogen-bond donors (Lipinski definition) is 1. The predicted octanol–water partition coefficient (Wildman–Crippen LogP) is 2.14. The van der Waals surface area contributed by atoms with Gasteiger partial charge in [-0.25, -0.2) is 4.79 Å². The molecule has 7 nitrogen and oxygen atoms in total. The number of nitrogens with one attached hydrogen (secondary N) is 1. The van der Waals surface area contributed by atoms with E-state index in [2.05, 4.69) is 5.32 Å². The molecule has 2 aliphatic heterocycles. The number of ether oxygens (including phenoxy) is 1. The number of anilines is 1. The highest BCUT2D eigenvalue weighted by molar-refractivity contribution is 6.01. The smallest absolute Gasteiger partial charge is 0.410 e. The molecule has 2 aromatic rings. The van der Waals surface area contributed by atoms with Gasteiger partial charge in [-0.05, 0) is 35.9 Å². The van der Waals surface area contributed by atoms with Gasteiger partial charge in [-0.15, -0.1) is 0 Å². The molecular formula is C20H19N3O4. The fourth-order valence-corrected chi connectivity index (χ4v) is 3.29. The molecule has 0 saturated carbocycles. The molecule has 2 aliphatic rings. The Labute approximate surface area is 156 Å². The lowest BCUT2D eigenvalue weighted by molar-refractivity contribution is -0.115. The second-order valence-corrected chi connectivity index (χ2v) is 6.56. The molecule has 4 rings (SSSR count). The van der Waals surface area contributed by atoms with E-state index < -0.39 is 6.09 Å². The molecule has 0 bridgehead atoms. The molecule has 2 heterocycles. The lowest BCUT2D eigenvalue weighted by atomic mass is 10.1. The molecule has 0 aromatic heterocycles. The van der Waals surface area contributed by atoms with Crippen molar-refractivity contribution in [2.24, 2.45) is 0 Å². The average Bonchev–Trinajstić information content (AvgIpc) is 3.07. The first-order chi connectivity index (χ1) is 13.1. The molecule has 27 heavy (non-hydrogen) atoms. The maximum absolute atomic E-state index is 12.7. The zero-order valence-electron chi connectivity index (χ0n) is 14.7. The molecule has 0 atom stereocenters. The number of carbonyl (C=O) groups excluding carboxylic acids is 3. The number of piperazine rings is 1. The van der Waals surface area contributed by atoms with E-state index >= 15 is 0 Å². The molecular weight excluding hydrogens is 346 g/mol. The normalized spacial score (nSPS) is 15.9. The number of carbonyl (C=O) groups is 3. The zero-order chi connectivity index (χ0) is 18.8. The lowest BCUT2D eigenvalue weighted by Gasteiger charge is -2.34. The largest absolute Gasteiger partial charge is 0.415 e. The van der Waals surface area contributed by atoms with E-state index in [0.29, 0.717) is 43.9 Å². The third-order valence-corrected chi connectivity index (χ3v) is 4.75. The average molecular weight is 365 g/mol. The third-order valence-electron chi connectivity index (χ3n) is 4.75. The standard InChI is InChI=1S/C20H19N3O4/c24-18-13-15-12-14(6-7-17(15)21-18)19(25)22-8-10-23(11-9-22)20(26)27-16-4-2-1-3-5-16/h1-7,12H,8-11,13H2,(H,21,24). The van der Waals surface area contributed by atoms with Crippen molar-refractivity contribution in [2.75, 3.05) is 31.5 Å². The van der Waals surface area contributed by atoms with E-state index in [9.17, 15) is 14.4 Å². The summed E-state index contributed by atoms with van der Waals surface area (Å²) in [4.78, 5) is 39.7. The number of para-hydroxylation sites is 1. The van der Waals surface area contributed by atoms with Gasteiger partial charge in [0.2, 0.25) is 5.91 Å². The van der Waals surface area contributed by atoms with Crippen LogP contribution in [0.25, 0.3) is 0 Å². The van der Waals surface area contributed by atoms with Gasteiger partial charge in [0.1, 0.15) is 5.75 Å². The van der Waals surface area contributed by atoms with Crippen molar-refractivity contribution in [2.45, 2.75) is 6.42 Å². The van der Waals surface area contributed by atoms with E-state index in [1.54, 1.807) is 52.3 Å². The molecule has 0 radical (unpaired) electrons. The van der Waals surface area contributed by atoms with Crippen LogP contribution in [0.4, 0.5) is 10.5 Å². The molecule has 2 aromatic carbocycles. The summed E-state index contributed by atoms with van der Waals surface area (Å²) in [6, 6.07) is 14.2. The van der Waals surface area contributed by atoms with Gasteiger partial charge in [0.25, 0.3) is 5.91 Å². The number of fused-ring (bicyclic) bond motifs is 1. The summed E-state index contributed by atoms with van der Waals surface area (Å²) in [6.07, 6.45) is -0.106. The van der Waals surface area contributed by atoms with Crippen LogP contribution in [-0.4, -0.2) is 53.9 Å². The van der Waals surface area contributed by atoms with Crippen LogP contribution in [-0.2, 0) is 11.2 Å². The minimum atomic E-state index is -0.407. The topological polar surface area (TPSA) is 79.0 Å². The predicted molar refractivity (Wildman–Crippen MR) is 98.7 cm³/mol. The molecule has 3 amide bonds. The molecule has 1 saturated heterocycles. The SMILES string of the molecule is O=C1Cc2cc(C(=O)N3CCN(C(=O)Oc4ccccc4)CC3)ccc2N1. The Morgan fingerprint density at radius 2 is 1.63 bits per heavy atom. The second-order valence-electron chi connectivity index (χ2n) is 6.56. The van der Waals surface area contributed by atoms with Crippen LogP contribution in [0.15, 0.2) is 48.5 Å². The lowest BCUT2D eigenvalue weighted by Crippen LogP contribution is -2.51. The highest BCUT2D eigenvalue weighted by atomic mass is 16.6. The number of benzene rings is 2. The van der Waals surface area contributed by atoms with Crippen LogP contribution in [0.3, 0.4) is 0 Å².